The maximum Gasteiger partial charge on any atom is 0.237 e. The number of carbonyl (C=O) groups is 2. The van der Waals surface area contributed by atoms with Crippen molar-refractivity contribution in [2.24, 2.45) is 11.8 Å². The fraction of sp³-hybridized carbons (Fsp3) is 0.846. The summed E-state index contributed by atoms with van der Waals surface area (Å²) in [6.07, 6.45) is 5.07. The zero-order chi connectivity index (χ0) is 14.1. The van der Waals surface area contributed by atoms with Crippen LogP contribution in [0, 0.1) is 5.92 Å². The van der Waals surface area contributed by atoms with Crippen LogP contribution in [0.3, 0.4) is 0 Å². The molecule has 0 aromatic carbocycles. The lowest BCUT2D eigenvalue weighted by atomic mass is 9.96. The topological polar surface area (TPSA) is 75.4 Å². The molecule has 0 aromatic rings. The van der Waals surface area contributed by atoms with E-state index in [1.165, 1.54) is 19.3 Å². The number of piperidine rings is 1. The predicted molar refractivity (Wildman–Crippen MR) is 78.5 cm³/mol. The van der Waals surface area contributed by atoms with Gasteiger partial charge >= 0.3 is 0 Å². The van der Waals surface area contributed by atoms with Crippen LogP contribution < -0.4 is 11.3 Å². The normalized spacial score (nSPS) is 16.4. The van der Waals surface area contributed by atoms with E-state index in [0.29, 0.717) is 18.8 Å². The number of nitrogens with one attached hydrogen (secondary N) is 1. The molecule has 1 aliphatic heterocycles. The third-order valence-corrected chi connectivity index (χ3v) is 4.51. The van der Waals surface area contributed by atoms with Crippen LogP contribution in [0.15, 0.2) is 0 Å². The van der Waals surface area contributed by atoms with Gasteiger partial charge in [-0.15, -0.1) is 0 Å². The van der Waals surface area contributed by atoms with E-state index in [2.05, 4.69) is 12.3 Å². The van der Waals surface area contributed by atoms with Crippen molar-refractivity contribution < 1.29 is 9.59 Å². The van der Waals surface area contributed by atoms with Gasteiger partial charge in [-0.2, -0.15) is 11.8 Å². The Morgan fingerprint density at radius 2 is 2.00 bits per heavy atom. The smallest absolute Gasteiger partial charge is 0.237 e. The molecule has 1 saturated heterocycles. The first-order valence-corrected chi connectivity index (χ1v) is 8.20. The van der Waals surface area contributed by atoms with Gasteiger partial charge in [0, 0.05) is 19.0 Å². The molecule has 0 unspecified atom stereocenters. The molecule has 0 atom stereocenters. The van der Waals surface area contributed by atoms with Crippen molar-refractivity contribution in [3.8, 4) is 0 Å². The minimum Gasteiger partial charge on any atom is -0.342 e. The Kier molecular flexibility index (Phi) is 7.90. The maximum absolute atomic E-state index is 12.0. The highest BCUT2D eigenvalue weighted by molar-refractivity contribution is 7.99. The summed E-state index contributed by atoms with van der Waals surface area (Å²) in [5.74, 6) is 6.80. The fourth-order valence-corrected chi connectivity index (χ4v) is 3.12. The second-order valence-corrected chi connectivity index (χ2v) is 6.03. The molecule has 3 N–H and O–H groups in total. The van der Waals surface area contributed by atoms with Crippen LogP contribution in [-0.2, 0) is 9.59 Å². The number of rotatable bonds is 7. The first kappa shape index (κ1) is 16.3. The lowest BCUT2D eigenvalue weighted by Crippen LogP contribution is -2.45. The minimum absolute atomic E-state index is 0.0359. The summed E-state index contributed by atoms with van der Waals surface area (Å²) in [6.45, 7) is 3.52. The standard InChI is InChI=1S/C13H25N3O2S/c1-2-3-4-9-19-10-12(17)16-7-5-11(6-8-16)13(18)15-14/h11H,2-10,14H2,1H3,(H,15,18). The molecule has 1 fully saturated rings. The summed E-state index contributed by atoms with van der Waals surface area (Å²) in [6, 6.07) is 0. The van der Waals surface area contributed by atoms with Gasteiger partial charge in [-0.05, 0) is 25.0 Å². The van der Waals surface area contributed by atoms with Gasteiger partial charge < -0.3 is 4.90 Å². The first-order valence-electron chi connectivity index (χ1n) is 7.05. The molecular formula is C13H25N3O2S. The van der Waals surface area contributed by atoms with E-state index in [1.807, 2.05) is 4.90 Å². The van der Waals surface area contributed by atoms with E-state index >= 15 is 0 Å². The summed E-state index contributed by atoms with van der Waals surface area (Å²) in [5.41, 5.74) is 2.19. The monoisotopic (exact) mass is 287 g/mol. The third kappa shape index (κ3) is 5.82. The summed E-state index contributed by atoms with van der Waals surface area (Å²) in [4.78, 5) is 25.2. The minimum atomic E-state index is -0.110. The van der Waals surface area contributed by atoms with Crippen molar-refractivity contribution in [2.45, 2.75) is 39.0 Å². The van der Waals surface area contributed by atoms with Crippen molar-refractivity contribution in [3.63, 3.8) is 0 Å². The number of hydrazine groups is 1. The molecule has 6 heteroatoms. The van der Waals surface area contributed by atoms with Crippen LogP contribution in [0.1, 0.15) is 39.0 Å². The molecule has 0 saturated carbocycles. The summed E-state index contributed by atoms with van der Waals surface area (Å²) < 4.78 is 0. The molecule has 0 bridgehead atoms. The summed E-state index contributed by atoms with van der Waals surface area (Å²) >= 11 is 1.72. The first-order chi connectivity index (χ1) is 9.19. The number of amides is 2. The van der Waals surface area contributed by atoms with Gasteiger partial charge in [-0.25, -0.2) is 5.84 Å². The molecule has 19 heavy (non-hydrogen) atoms. The van der Waals surface area contributed by atoms with Crippen LogP contribution in [0.25, 0.3) is 0 Å². The Balaban J connectivity index is 2.16. The molecule has 0 radical (unpaired) electrons. The summed E-state index contributed by atoms with van der Waals surface area (Å²) in [5, 5.41) is 0. The Morgan fingerprint density at radius 3 is 2.58 bits per heavy atom. The lowest BCUT2D eigenvalue weighted by Gasteiger charge is -2.31. The molecular weight excluding hydrogens is 262 g/mol. The van der Waals surface area contributed by atoms with Gasteiger partial charge in [0.15, 0.2) is 0 Å². The summed E-state index contributed by atoms with van der Waals surface area (Å²) in [7, 11) is 0. The van der Waals surface area contributed by atoms with Crippen molar-refractivity contribution in [3.05, 3.63) is 0 Å². The quantitative estimate of drug-likeness (QED) is 0.319. The van der Waals surface area contributed by atoms with E-state index in [1.54, 1.807) is 11.8 Å². The second-order valence-electron chi connectivity index (χ2n) is 4.92. The van der Waals surface area contributed by atoms with E-state index in [4.69, 9.17) is 5.84 Å². The molecule has 1 heterocycles. The largest absolute Gasteiger partial charge is 0.342 e. The van der Waals surface area contributed by atoms with Crippen molar-refractivity contribution in [1.29, 1.82) is 0 Å². The fourth-order valence-electron chi connectivity index (χ4n) is 2.21. The Hall–Kier alpha value is -0.750. The van der Waals surface area contributed by atoms with Crippen molar-refractivity contribution >= 4 is 23.6 Å². The number of nitrogens with two attached hydrogens (primary N) is 1. The number of hydrogen-bond donors (Lipinski definition) is 2. The van der Waals surface area contributed by atoms with Crippen LogP contribution in [0.2, 0.25) is 0 Å². The number of unbranched alkanes of at least 4 members (excludes halogenated alkanes) is 2. The highest BCUT2D eigenvalue weighted by atomic mass is 32.2. The van der Waals surface area contributed by atoms with E-state index in [9.17, 15) is 9.59 Å². The van der Waals surface area contributed by atoms with Crippen LogP contribution in [0.5, 0.6) is 0 Å². The van der Waals surface area contributed by atoms with Crippen molar-refractivity contribution in [1.82, 2.24) is 10.3 Å². The molecule has 2 amide bonds. The molecule has 0 aromatic heterocycles. The maximum atomic E-state index is 12.0. The number of nitrogens with zero attached hydrogens (tertiary/aromatic N) is 1. The average Bonchev–Trinajstić information content (AvgIpc) is 2.46. The highest BCUT2D eigenvalue weighted by Gasteiger charge is 2.26. The van der Waals surface area contributed by atoms with Crippen LogP contribution >= 0.6 is 11.8 Å². The van der Waals surface area contributed by atoms with E-state index in [0.717, 1.165) is 18.6 Å². The Morgan fingerprint density at radius 1 is 1.32 bits per heavy atom. The van der Waals surface area contributed by atoms with Crippen LogP contribution in [0.4, 0.5) is 0 Å². The number of hydrogen-bond acceptors (Lipinski definition) is 4. The zero-order valence-corrected chi connectivity index (χ0v) is 12.5. The predicted octanol–water partition coefficient (Wildman–Crippen LogP) is 1.14. The Bertz CT molecular complexity index is 292. The van der Waals surface area contributed by atoms with Gasteiger partial charge in [0.1, 0.15) is 0 Å². The van der Waals surface area contributed by atoms with E-state index in [-0.39, 0.29) is 17.7 Å². The van der Waals surface area contributed by atoms with Gasteiger partial charge in [0.05, 0.1) is 5.75 Å². The van der Waals surface area contributed by atoms with Gasteiger partial charge in [-0.3, -0.25) is 15.0 Å². The molecule has 1 aliphatic rings. The lowest BCUT2D eigenvalue weighted by molar-refractivity contribution is -0.133. The molecule has 1 rings (SSSR count). The highest BCUT2D eigenvalue weighted by Crippen LogP contribution is 2.18. The van der Waals surface area contributed by atoms with Gasteiger partial charge in [0.2, 0.25) is 11.8 Å². The average molecular weight is 287 g/mol. The number of carbonyl (C=O) groups excluding carboxylic acids is 2. The third-order valence-electron chi connectivity index (χ3n) is 3.48. The second kappa shape index (κ2) is 9.20. The number of thioether (sulfide) groups is 1. The van der Waals surface area contributed by atoms with Crippen molar-refractivity contribution in [2.75, 3.05) is 24.6 Å². The Labute approximate surface area is 119 Å². The molecule has 110 valence electrons. The zero-order valence-electron chi connectivity index (χ0n) is 11.7. The molecule has 0 spiro atoms. The number of likely N-dealkylation sites (tertiary alicyclic amines) is 1. The van der Waals surface area contributed by atoms with E-state index < -0.39 is 0 Å². The molecule has 5 nitrogen and oxygen atoms in total. The molecule has 0 aliphatic carbocycles. The SMILES string of the molecule is CCCCCSCC(=O)N1CCC(C(=O)NN)CC1. The van der Waals surface area contributed by atoms with Gasteiger partial charge in [-0.1, -0.05) is 19.8 Å². The van der Waals surface area contributed by atoms with Crippen LogP contribution in [-0.4, -0.2) is 41.3 Å². The van der Waals surface area contributed by atoms with Gasteiger partial charge in [0.25, 0.3) is 0 Å².